The molecule has 0 spiro atoms. The fourth-order valence-electron chi connectivity index (χ4n) is 1.87. The monoisotopic (exact) mass is 295 g/mol. The molecular formula is C13H17N3O3S. The van der Waals surface area contributed by atoms with Crippen molar-refractivity contribution in [3.05, 3.63) is 35.2 Å². The zero-order valence-corrected chi connectivity index (χ0v) is 12.4. The lowest BCUT2D eigenvalue weighted by atomic mass is 10.2. The number of rotatable bonds is 4. The van der Waals surface area contributed by atoms with Crippen molar-refractivity contribution in [1.82, 2.24) is 5.16 Å². The first-order valence-electron chi connectivity index (χ1n) is 6.04. The van der Waals surface area contributed by atoms with Gasteiger partial charge in [-0.05, 0) is 32.0 Å². The molecule has 1 aromatic carbocycles. The number of nitrogens with one attached hydrogen (secondary N) is 1. The summed E-state index contributed by atoms with van der Waals surface area (Å²) in [4.78, 5) is 0.206. The molecule has 0 amide bonds. The zero-order valence-electron chi connectivity index (χ0n) is 11.6. The van der Waals surface area contributed by atoms with Crippen LogP contribution in [0, 0.1) is 13.8 Å². The highest BCUT2D eigenvalue weighted by Gasteiger charge is 2.11. The quantitative estimate of drug-likeness (QED) is 0.836. The van der Waals surface area contributed by atoms with E-state index in [1.807, 2.05) is 13.8 Å². The molecule has 0 saturated heterocycles. The lowest BCUT2D eigenvalue weighted by molar-refractivity contribution is 0.392. The molecule has 0 aliphatic rings. The van der Waals surface area contributed by atoms with E-state index in [1.54, 1.807) is 6.07 Å². The number of hydrogen-bond acceptors (Lipinski definition) is 6. The highest BCUT2D eigenvalue weighted by Crippen LogP contribution is 2.24. The van der Waals surface area contributed by atoms with Crippen molar-refractivity contribution in [1.29, 1.82) is 0 Å². The predicted molar refractivity (Wildman–Crippen MR) is 77.3 cm³/mol. The van der Waals surface area contributed by atoms with Gasteiger partial charge in [-0.25, -0.2) is 8.42 Å². The van der Waals surface area contributed by atoms with Crippen LogP contribution in [0.2, 0.25) is 0 Å². The molecule has 2 aromatic rings. The maximum absolute atomic E-state index is 11.4. The Balaban J connectivity index is 2.19. The number of hydrogen-bond donors (Lipinski definition) is 2. The molecule has 1 aromatic heterocycles. The second-order valence-corrected chi connectivity index (χ2v) is 6.69. The van der Waals surface area contributed by atoms with Gasteiger partial charge < -0.3 is 15.6 Å². The van der Waals surface area contributed by atoms with E-state index in [-0.39, 0.29) is 4.90 Å². The van der Waals surface area contributed by atoms with Gasteiger partial charge in [-0.2, -0.15) is 0 Å². The average Bonchev–Trinajstić information content (AvgIpc) is 2.67. The molecule has 3 N–H and O–H groups in total. The summed E-state index contributed by atoms with van der Waals surface area (Å²) in [6.45, 7) is 4.22. The van der Waals surface area contributed by atoms with Crippen LogP contribution in [0.3, 0.4) is 0 Å². The molecule has 20 heavy (non-hydrogen) atoms. The fourth-order valence-corrected chi connectivity index (χ4v) is 2.53. The lowest BCUT2D eigenvalue weighted by Gasteiger charge is -2.10. The van der Waals surface area contributed by atoms with Gasteiger partial charge in [0.15, 0.2) is 9.84 Å². The number of aromatic nitrogens is 1. The molecule has 108 valence electrons. The molecule has 0 aliphatic heterocycles. The molecule has 7 heteroatoms. The van der Waals surface area contributed by atoms with E-state index < -0.39 is 9.84 Å². The zero-order chi connectivity index (χ0) is 14.9. The van der Waals surface area contributed by atoms with Crippen molar-refractivity contribution < 1.29 is 12.9 Å². The van der Waals surface area contributed by atoms with Crippen molar-refractivity contribution in [3.63, 3.8) is 0 Å². The van der Waals surface area contributed by atoms with Crippen molar-refractivity contribution in [3.8, 4) is 0 Å². The Kier molecular flexibility index (Phi) is 3.71. The number of sulfone groups is 1. The van der Waals surface area contributed by atoms with Gasteiger partial charge in [-0.15, -0.1) is 0 Å². The van der Waals surface area contributed by atoms with Crippen molar-refractivity contribution >= 4 is 21.2 Å². The van der Waals surface area contributed by atoms with E-state index in [0.29, 0.717) is 17.9 Å². The molecule has 0 unspecified atom stereocenters. The highest BCUT2D eigenvalue weighted by molar-refractivity contribution is 7.90. The summed E-state index contributed by atoms with van der Waals surface area (Å²) in [5.74, 6) is 0.751. The summed E-state index contributed by atoms with van der Waals surface area (Å²) in [6, 6.07) is 4.64. The first kappa shape index (κ1) is 14.4. The smallest absolute Gasteiger partial charge is 0.175 e. The molecule has 2 rings (SSSR count). The maximum atomic E-state index is 11.4. The summed E-state index contributed by atoms with van der Waals surface area (Å²) in [7, 11) is -3.25. The van der Waals surface area contributed by atoms with Gasteiger partial charge in [0.1, 0.15) is 5.76 Å². The molecule has 0 bridgehead atoms. The van der Waals surface area contributed by atoms with Crippen LogP contribution in [0.5, 0.6) is 0 Å². The van der Waals surface area contributed by atoms with Gasteiger partial charge in [0, 0.05) is 18.4 Å². The third kappa shape index (κ3) is 2.93. The van der Waals surface area contributed by atoms with Crippen LogP contribution in [0.15, 0.2) is 27.6 Å². The SMILES string of the molecule is Cc1noc(C)c1CNc1ccc(S(C)(=O)=O)cc1N. The van der Waals surface area contributed by atoms with E-state index >= 15 is 0 Å². The Morgan fingerprint density at radius 3 is 2.55 bits per heavy atom. The van der Waals surface area contributed by atoms with Crippen molar-refractivity contribution in [2.45, 2.75) is 25.3 Å². The number of aryl methyl sites for hydroxylation is 2. The molecule has 0 saturated carbocycles. The van der Waals surface area contributed by atoms with Gasteiger partial charge in [0.05, 0.1) is 22.0 Å². The topological polar surface area (TPSA) is 98.2 Å². The number of benzene rings is 1. The summed E-state index contributed by atoms with van der Waals surface area (Å²) in [5.41, 5.74) is 8.72. The second kappa shape index (κ2) is 5.16. The average molecular weight is 295 g/mol. The minimum Gasteiger partial charge on any atom is -0.397 e. The van der Waals surface area contributed by atoms with Crippen LogP contribution in [-0.4, -0.2) is 19.8 Å². The number of anilines is 2. The Bertz CT molecular complexity index is 716. The largest absolute Gasteiger partial charge is 0.397 e. The van der Waals surface area contributed by atoms with Gasteiger partial charge >= 0.3 is 0 Å². The first-order chi connectivity index (χ1) is 9.29. The molecule has 0 radical (unpaired) electrons. The van der Waals surface area contributed by atoms with E-state index in [9.17, 15) is 8.42 Å². The van der Waals surface area contributed by atoms with Crippen LogP contribution in [-0.2, 0) is 16.4 Å². The minimum atomic E-state index is -3.25. The number of nitrogens with two attached hydrogens (primary N) is 1. The summed E-state index contributed by atoms with van der Waals surface area (Å²) >= 11 is 0. The predicted octanol–water partition coefficient (Wildman–Crippen LogP) is 1.89. The fraction of sp³-hybridized carbons (Fsp3) is 0.308. The highest BCUT2D eigenvalue weighted by atomic mass is 32.2. The molecular weight excluding hydrogens is 278 g/mol. The molecule has 0 atom stereocenters. The summed E-state index contributed by atoms with van der Waals surface area (Å²) in [6.07, 6.45) is 1.15. The van der Waals surface area contributed by atoms with Crippen LogP contribution < -0.4 is 11.1 Å². The summed E-state index contributed by atoms with van der Waals surface area (Å²) < 4.78 is 27.9. The Morgan fingerprint density at radius 2 is 2.05 bits per heavy atom. The number of nitrogen functional groups attached to an aromatic ring is 1. The van der Waals surface area contributed by atoms with Crippen LogP contribution >= 0.6 is 0 Å². The normalized spacial score (nSPS) is 11.6. The first-order valence-corrected chi connectivity index (χ1v) is 7.93. The maximum Gasteiger partial charge on any atom is 0.175 e. The third-order valence-corrected chi connectivity index (χ3v) is 4.20. The minimum absolute atomic E-state index is 0.206. The van der Waals surface area contributed by atoms with E-state index in [2.05, 4.69) is 10.5 Å². The number of nitrogens with zero attached hydrogens (tertiary/aromatic N) is 1. The molecule has 0 fully saturated rings. The standard InChI is InChI=1S/C13H17N3O3S/c1-8-11(9(2)19-16-8)7-15-13-5-4-10(6-12(13)14)20(3,17)18/h4-6,15H,7,14H2,1-3H3. The van der Waals surface area contributed by atoms with Crippen molar-refractivity contribution in [2.75, 3.05) is 17.3 Å². The van der Waals surface area contributed by atoms with Crippen LogP contribution in [0.1, 0.15) is 17.0 Å². The van der Waals surface area contributed by atoms with Gasteiger partial charge in [-0.3, -0.25) is 0 Å². The van der Waals surface area contributed by atoms with E-state index in [4.69, 9.17) is 10.3 Å². The third-order valence-electron chi connectivity index (χ3n) is 3.09. The Morgan fingerprint density at radius 1 is 1.35 bits per heavy atom. The van der Waals surface area contributed by atoms with Crippen LogP contribution in [0.25, 0.3) is 0 Å². The van der Waals surface area contributed by atoms with E-state index in [1.165, 1.54) is 12.1 Å². The second-order valence-electron chi connectivity index (χ2n) is 4.68. The lowest BCUT2D eigenvalue weighted by Crippen LogP contribution is -2.05. The molecule has 1 heterocycles. The van der Waals surface area contributed by atoms with Gasteiger partial charge in [-0.1, -0.05) is 5.16 Å². The van der Waals surface area contributed by atoms with Gasteiger partial charge in [0.2, 0.25) is 0 Å². The summed E-state index contributed by atoms with van der Waals surface area (Å²) in [5, 5.41) is 7.03. The van der Waals surface area contributed by atoms with Gasteiger partial charge in [0.25, 0.3) is 0 Å². The molecule has 0 aliphatic carbocycles. The Labute approximate surface area is 117 Å². The Hall–Kier alpha value is -2.02. The van der Waals surface area contributed by atoms with Crippen LogP contribution in [0.4, 0.5) is 11.4 Å². The molecule has 6 nitrogen and oxygen atoms in total. The van der Waals surface area contributed by atoms with Crippen molar-refractivity contribution in [2.24, 2.45) is 0 Å². The van der Waals surface area contributed by atoms with E-state index in [0.717, 1.165) is 23.3 Å².